The molecule has 0 saturated carbocycles. The molecule has 2 bridgehead atoms. The Morgan fingerprint density at radius 2 is 2.06 bits per heavy atom. The minimum absolute atomic E-state index is 0. The van der Waals surface area contributed by atoms with Crippen molar-refractivity contribution in [3.63, 3.8) is 0 Å². The Kier molecular flexibility index (Phi) is 7.04. The van der Waals surface area contributed by atoms with Gasteiger partial charge >= 0.3 is 0 Å². The SMILES string of the molecule is CC1=C2/C=C(/NC(=O)c3cc4ccccc4s3)C/C=C\C(=NC(N(C)CCN(C)C)C1)C2.[HH]. The van der Waals surface area contributed by atoms with E-state index in [0.29, 0.717) is 6.42 Å². The monoisotopic (exact) mass is 450 g/mol. The zero-order chi connectivity index (χ0) is 22.7. The first-order valence-electron chi connectivity index (χ1n) is 11.2. The Balaban J connectivity index is 0.00000306. The molecule has 2 heterocycles. The number of nitrogens with zero attached hydrogens (tertiary/aromatic N) is 3. The molecule has 32 heavy (non-hydrogen) atoms. The fourth-order valence-electron chi connectivity index (χ4n) is 4.05. The van der Waals surface area contributed by atoms with Gasteiger partial charge in [0.2, 0.25) is 0 Å². The summed E-state index contributed by atoms with van der Waals surface area (Å²) in [7, 11) is 6.36. The van der Waals surface area contributed by atoms with Crippen LogP contribution in [0.2, 0.25) is 0 Å². The van der Waals surface area contributed by atoms with Gasteiger partial charge in [-0.25, -0.2) is 0 Å². The van der Waals surface area contributed by atoms with Crippen LogP contribution in [-0.4, -0.2) is 61.8 Å². The van der Waals surface area contributed by atoms with Gasteiger partial charge in [0.05, 0.1) is 4.88 Å². The van der Waals surface area contributed by atoms with Gasteiger partial charge in [-0.05, 0) is 63.3 Å². The van der Waals surface area contributed by atoms with Crippen molar-refractivity contribution in [1.29, 1.82) is 0 Å². The van der Waals surface area contributed by atoms with Crippen LogP contribution >= 0.6 is 11.3 Å². The third-order valence-electron chi connectivity index (χ3n) is 6.05. The van der Waals surface area contributed by atoms with Gasteiger partial charge in [-0.2, -0.15) is 0 Å². The summed E-state index contributed by atoms with van der Waals surface area (Å²) in [5.41, 5.74) is 4.67. The first kappa shape index (κ1) is 22.6. The van der Waals surface area contributed by atoms with E-state index in [9.17, 15) is 4.79 Å². The summed E-state index contributed by atoms with van der Waals surface area (Å²) in [6.07, 6.45) is 8.96. The Labute approximate surface area is 196 Å². The third kappa shape index (κ3) is 5.44. The molecule has 1 aliphatic heterocycles. The first-order chi connectivity index (χ1) is 15.4. The van der Waals surface area contributed by atoms with Crippen LogP contribution in [0.25, 0.3) is 10.1 Å². The average Bonchev–Trinajstić information content (AvgIpc) is 3.11. The van der Waals surface area contributed by atoms with Crippen molar-refractivity contribution >= 4 is 33.0 Å². The summed E-state index contributed by atoms with van der Waals surface area (Å²) in [6.45, 7) is 4.19. The number of carbonyl (C=O) groups is 1. The third-order valence-corrected chi connectivity index (χ3v) is 7.17. The van der Waals surface area contributed by atoms with Crippen molar-refractivity contribution in [3.05, 3.63) is 70.3 Å². The number of aliphatic imine (C=N–C) groups is 1. The van der Waals surface area contributed by atoms with Gasteiger partial charge in [-0.3, -0.25) is 14.7 Å². The average molecular weight is 451 g/mol. The van der Waals surface area contributed by atoms with Gasteiger partial charge in [-0.1, -0.05) is 29.8 Å². The zero-order valence-corrected chi connectivity index (χ0v) is 20.2. The highest BCUT2D eigenvalue weighted by Crippen LogP contribution is 2.28. The smallest absolute Gasteiger partial charge is 0.265 e. The van der Waals surface area contributed by atoms with E-state index in [2.05, 4.69) is 67.5 Å². The minimum atomic E-state index is -0.0338. The number of rotatable bonds is 6. The van der Waals surface area contributed by atoms with Crippen LogP contribution in [0.4, 0.5) is 0 Å². The summed E-state index contributed by atoms with van der Waals surface area (Å²) < 4.78 is 1.14. The van der Waals surface area contributed by atoms with Crippen LogP contribution in [0.15, 0.2) is 70.4 Å². The molecule has 1 aromatic carbocycles. The number of carbonyl (C=O) groups excluding carboxylic acids is 1. The fraction of sp³-hybridized carbons (Fsp3) is 0.385. The number of allylic oxidation sites excluding steroid dienone is 4. The molecule has 0 saturated heterocycles. The zero-order valence-electron chi connectivity index (χ0n) is 19.4. The Bertz CT molecular complexity index is 1100. The summed E-state index contributed by atoms with van der Waals surface area (Å²) >= 11 is 1.54. The van der Waals surface area contributed by atoms with Gasteiger partial charge in [0.15, 0.2) is 0 Å². The lowest BCUT2D eigenvalue weighted by molar-refractivity contribution is 0.0969. The first-order valence-corrected chi connectivity index (χ1v) is 12.0. The maximum absolute atomic E-state index is 13.0. The van der Waals surface area contributed by atoms with Gasteiger partial charge in [0.25, 0.3) is 5.91 Å². The second-order valence-corrected chi connectivity index (χ2v) is 10.0. The summed E-state index contributed by atoms with van der Waals surface area (Å²) in [5, 5.41) is 4.28. The molecule has 1 amide bonds. The molecule has 170 valence electrons. The largest absolute Gasteiger partial charge is 0.325 e. The number of nitrogens with one attached hydrogen (secondary N) is 1. The molecule has 0 fully saturated rings. The molecular formula is C26H34N4OS. The Morgan fingerprint density at radius 3 is 2.84 bits per heavy atom. The van der Waals surface area contributed by atoms with E-state index < -0.39 is 0 Å². The molecule has 1 aromatic heterocycles. The number of thiophene rings is 1. The van der Waals surface area contributed by atoms with Crippen LogP contribution in [-0.2, 0) is 0 Å². The lowest BCUT2D eigenvalue weighted by Gasteiger charge is -2.26. The molecule has 1 unspecified atom stereocenters. The van der Waals surface area contributed by atoms with E-state index in [1.165, 1.54) is 22.5 Å². The lowest BCUT2D eigenvalue weighted by Crippen LogP contribution is -2.36. The molecule has 2 aliphatic rings. The van der Waals surface area contributed by atoms with E-state index in [1.807, 2.05) is 24.3 Å². The highest BCUT2D eigenvalue weighted by atomic mass is 32.1. The standard InChI is InChI=1S/C26H32N4OS.H2/c1-18-14-25(30(4)13-12-29(2)3)27-21-9-7-10-22(16-20(18)15-21)28-26(31)24-17-19-8-5-6-11-23(19)32-24;/h5-9,11,16-17,25H,10,12-15H2,1-4H3,(H,28,31);1H/b9-7-,22-16+;. The number of hydrogen-bond donors (Lipinski definition) is 1. The van der Waals surface area contributed by atoms with Crippen LogP contribution in [0.3, 0.4) is 0 Å². The van der Waals surface area contributed by atoms with Crippen LogP contribution in [0.5, 0.6) is 0 Å². The maximum atomic E-state index is 13.0. The van der Waals surface area contributed by atoms with Crippen molar-refractivity contribution in [2.45, 2.75) is 32.4 Å². The topological polar surface area (TPSA) is 47.9 Å². The quantitative estimate of drug-likeness (QED) is 0.667. The van der Waals surface area contributed by atoms with Crippen molar-refractivity contribution in [2.75, 3.05) is 34.2 Å². The normalized spacial score (nSPS) is 21.6. The summed E-state index contributed by atoms with van der Waals surface area (Å²) in [4.78, 5) is 23.3. The number of hydrogen-bond acceptors (Lipinski definition) is 5. The molecule has 5 nitrogen and oxygen atoms in total. The predicted molar refractivity (Wildman–Crippen MR) is 138 cm³/mol. The highest BCUT2D eigenvalue weighted by Gasteiger charge is 2.21. The Hall–Kier alpha value is -2.54. The Morgan fingerprint density at radius 1 is 1.25 bits per heavy atom. The van der Waals surface area contributed by atoms with Gasteiger partial charge < -0.3 is 10.2 Å². The van der Waals surface area contributed by atoms with Crippen molar-refractivity contribution in [3.8, 4) is 0 Å². The maximum Gasteiger partial charge on any atom is 0.265 e. The van der Waals surface area contributed by atoms with Gasteiger partial charge in [0, 0.05) is 49.9 Å². The van der Waals surface area contributed by atoms with Gasteiger partial charge in [-0.15, -0.1) is 11.3 Å². The number of likely N-dealkylation sites (N-methyl/N-ethyl adjacent to an activating group) is 2. The molecule has 1 aliphatic carbocycles. The minimum Gasteiger partial charge on any atom is -0.325 e. The second-order valence-electron chi connectivity index (χ2n) is 8.95. The van der Waals surface area contributed by atoms with Crippen LogP contribution in [0, 0.1) is 0 Å². The summed E-state index contributed by atoms with van der Waals surface area (Å²) in [6, 6.07) is 10.1. The molecule has 6 heteroatoms. The van der Waals surface area contributed by atoms with E-state index >= 15 is 0 Å². The predicted octanol–water partition coefficient (Wildman–Crippen LogP) is 5.09. The van der Waals surface area contributed by atoms with Crippen molar-refractivity contribution in [1.82, 2.24) is 15.1 Å². The van der Waals surface area contributed by atoms with E-state index in [4.69, 9.17) is 4.99 Å². The van der Waals surface area contributed by atoms with E-state index in [1.54, 1.807) is 0 Å². The lowest BCUT2D eigenvalue weighted by atomic mass is 9.98. The van der Waals surface area contributed by atoms with Crippen LogP contribution < -0.4 is 5.32 Å². The molecule has 4 rings (SSSR count). The van der Waals surface area contributed by atoms with E-state index in [0.717, 1.165) is 52.3 Å². The molecule has 0 radical (unpaired) electrons. The molecule has 1 atom stereocenters. The fourth-order valence-corrected chi connectivity index (χ4v) is 5.01. The van der Waals surface area contributed by atoms with E-state index in [-0.39, 0.29) is 13.5 Å². The van der Waals surface area contributed by atoms with Crippen molar-refractivity contribution in [2.24, 2.45) is 4.99 Å². The summed E-state index contributed by atoms with van der Waals surface area (Å²) in [5.74, 6) is -0.0338. The van der Waals surface area contributed by atoms with Crippen LogP contribution in [0.1, 0.15) is 37.3 Å². The number of fused-ring (bicyclic) bond motifs is 3. The molecule has 2 aromatic rings. The highest BCUT2D eigenvalue weighted by molar-refractivity contribution is 7.20. The number of benzene rings is 1. The second kappa shape index (κ2) is 9.94. The number of amides is 1. The van der Waals surface area contributed by atoms with Gasteiger partial charge in [0.1, 0.15) is 6.17 Å². The molecule has 0 spiro atoms. The molecule has 1 N–H and O–H groups in total. The van der Waals surface area contributed by atoms with Crippen molar-refractivity contribution < 1.29 is 6.22 Å². The molecular weight excluding hydrogens is 416 g/mol.